The largest absolute Gasteiger partial charge is 0.361 e. The number of nitrogens with one attached hydrogen (secondary N) is 2. The smallest absolute Gasteiger partial charge is 0.233 e. The maximum atomic E-state index is 11.2. The van der Waals surface area contributed by atoms with Gasteiger partial charge in [-0.3, -0.25) is 4.79 Å². The summed E-state index contributed by atoms with van der Waals surface area (Å²) in [5.74, 6) is -0.114. The van der Waals surface area contributed by atoms with E-state index in [1.807, 2.05) is 31.3 Å². The molecule has 0 saturated heterocycles. The normalized spacial score (nSPS) is 11.9. The number of para-hydroxylation sites is 1. The minimum Gasteiger partial charge on any atom is -0.361 e. The van der Waals surface area contributed by atoms with E-state index in [0.29, 0.717) is 0 Å². The molecule has 0 saturated carbocycles. The lowest BCUT2D eigenvalue weighted by Crippen LogP contribution is -2.38. The molecule has 0 radical (unpaired) electrons. The maximum Gasteiger partial charge on any atom is 0.233 e. The lowest BCUT2D eigenvalue weighted by atomic mass is 10.1. The number of hydrogen-bond acceptors (Lipinski definition) is 2. The first kappa shape index (κ1) is 14.5. The molecule has 0 aliphatic carbocycles. The first-order valence-electron chi connectivity index (χ1n) is 5.75. The number of rotatable bonds is 4. The Labute approximate surface area is 112 Å². The van der Waals surface area contributed by atoms with Gasteiger partial charge in [0.1, 0.15) is 0 Å². The highest BCUT2D eigenvalue weighted by molar-refractivity contribution is 5.85. The predicted octanol–water partition coefficient (Wildman–Crippen LogP) is 1.60. The Morgan fingerprint density at radius 2 is 2.17 bits per heavy atom. The Bertz CT molecular complexity index is 524. The average Bonchev–Trinajstić information content (AvgIpc) is 2.72. The molecule has 1 aromatic carbocycles. The molecule has 98 valence electrons. The molecule has 5 heteroatoms. The van der Waals surface area contributed by atoms with Crippen LogP contribution in [0.5, 0.6) is 0 Å². The van der Waals surface area contributed by atoms with E-state index in [1.165, 1.54) is 10.9 Å². The second-order valence-electron chi connectivity index (χ2n) is 4.24. The average molecular weight is 268 g/mol. The van der Waals surface area contributed by atoms with E-state index < -0.39 is 0 Å². The molecule has 4 nitrogen and oxygen atoms in total. The van der Waals surface area contributed by atoms with Crippen LogP contribution in [-0.2, 0) is 11.2 Å². The molecule has 1 heterocycles. The Morgan fingerprint density at radius 1 is 1.44 bits per heavy atom. The van der Waals surface area contributed by atoms with Crippen LogP contribution in [0.15, 0.2) is 30.5 Å². The van der Waals surface area contributed by atoms with Gasteiger partial charge in [-0.1, -0.05) is 18.2 Å². The number of halogens is 1. The zero-order chi connectivity index (χ0) is 12.3. The summed E-state index contributed by atoms with van der Waals surface area (Å²) < 4.78 is 0. The SMILES string of the molecule is CC(Cc1c[nH]c2ccccc12)NC(=O)CN.Cl. The van der Waals surface area contributed by atoms with Crippen LogP contribution in [0.2, 0.25) is 0 Å². The van der Waals surface area contributed by atoms with Gasteiger partial charge in [-0.15, -0.1) is 12.4 Å². The van der Waals surface area contributed by atoms with Crippen molar-refractivity contribution in [3.63, 3.8) is 0 Å². The molecule has 1 unspecified atom stereocenters. The lowest BCUT2D eigenvalue weighted by Gasteiger charge is -2.12. The molecule has 1 atom stereocenters. The molecule has 18 heavy (non-hydrogen) atoms. The molecule has 1 amide bonds. The van der Waals surface area contributed by atoms with Crippen molar-refractivity contribution in [3.05, 3.63) is 36.0 Å². The van der Waals surface area contributed by atoms with Crippen molar-refractivity contribution in [2.45, 2.75) is 19.4 Å². The fourth-order valence-corrected chi connectivity index (χ4v) is 2.02. The predicted molar refractivity (Wildman–Crippen MR) is 75.9 cm³/mol. The van der Waals surface area contributed by atoms with Crippen molar-refractivity contribution in [1.29, 1.82) is 0 Å². The zero-order valence-corrected chi connectivity index (χ0v) is 11.1. The van der Waals surface area contributed by atoms with Crippen molar-refractivity contribution in [2.75, 3.05) is 6.54 Å². The fraction of sp³-hybridized carbons (Fsp3) is 0.308. The minimum absolute atomic E-state index is 0. The standard InChI is InChI=1S/C13H17N3O.ClH/c1-9(16-13(17)7-14)6-10-8-15-12-5-3-2-4-11(10)12;/h2-5,8-9,15H,6-7,14H2,1H3,(H,16,17);1H. The monoisotopic (exact) mass is 267 g/mol. The van der Waals surface area contributed by atoms with E-state index in [1.54, 1.807) is 0 Å². The van der Waals surface area contributed by atoms with Gasteiger partial charge < -0.3 is 16.0 Å². The van der Waals surface area contributed by atoms with E-state index in [-0.39, 0.29) is 30.9 Å². The van der Waals surface area contributed by atoms with Gasteiger partial charge in [0.05, 0.1) is 6.54 Å². The van der Waals surface area contributed by atoms with Gasteiger partial charge in [-0.25, -0.2) is 0 Å². The van der Waals surface area contributed by atoms with Crippen LogP contribution in [0.4, 0.5) is 0 Å². The van der Waals surface area contributed by atoms with Crippen LogP contribution < -0.4 is 11.1 Å². The molecule has 0 aliphatic rings. The molecule has 0 fully saturated rings. The number of benzene rings is 1. The third-order valence-electron chi connectivity index (χ3n) is 2.79. The number of H-pyrrole nitrogens is 1. The highest BCUT2D eigenvalue weighted by Gasteiger charge is 2.09. The van der Waals surface area contributed by atoms with Crippen LogP contribution in [0.1, 0.15) is 12.5 Å². The lowest BCUT2D eigenvalue weighted by molar-refractivity contribution is -0.120. The van der Waals surface area contributed by atoms with Crippen LogP contribution in [0.25, 0.3) is 10.9 Å². The third kappa shape index (κ3) is 3.24. The summed E-state index contributed by atoms with van der Waals surface area (Å²) in [7, 11) is 0. The van der Waals surface area contributed by atoms with Gasteiger partial charge in [0, 0.05) is 23.1 Å². The summed E-state index contributed by atoms with van der Waals surface area (Å²) in [5.41, 5.74) is 7.60. The number of carbonyl (C=O) groups is 1. The summed E-state index contributed by atoms with van der Waals surface area (Å²) in [6.07, 6.45) is 2.80. The molecule has 0 aliphatic heterocycles. The number of carbonyl (C=O) groups excluding carboxylic acids is 1. The molecule has 2 aromatic rings. The van der Waals surface area contributed by atoms with Gasteiger partial charge in [0.15, 0.2) is 0 Å². The zero-order valence-electron chi connectivity index (χ0n) is 10.3. The van der Waals surface area contributed by atoms with Crippen LogP contribution in [0, 0.1) is 0 Å². The Morgan fingerprint density at radius 3 is 2.89 bits per heavy atom. The topological polar surface area (TPSA) is 70.9 Å². The summed E-state index contributed by atoms with van der Waals surface area (Å²) in [4.78, 5) is 14.4. The second-order valence-corrected chi connectivity index (χ2v) is 4.24. The quantitative estimate of drug-likeness (QED) is 0.787. The van der Waals surface area contributed by atoms with Gasteiger partial charge in [-0.05, 0) is 25.0 Å². The maximum absolute atomic E-state index is 11.2. The van der Waals surface area contributed by atoms with E-state index in [0.717, 1.165) is 11.9 Å². The number of nitrogens with two attached hydrogens (primary N) is 1. The van der Waals surface area contributed by atoms with E-state index in [2.05, 4.69) is 16.4 Å². The van der Waals surface area contributed by atoms with E-state index >= 15 is 0 Å². The Kier molecular flexibility index (Phi) is 5.19. The number of aromatic amines is 1. The first-order valence-corrected chi connectivity index (χ1v) is 5.75. The van der Waals surface area contributed by atoms with Crippen molar-refractivity contribution in [2.24, 2.45) is 5.73 Å². The fourth-order valence-electron chi connectivity index (χ4n) is 2.02. The second kappa shape index (κ2) is 6.42. The van der Waals surface area contributed by atoms with Gasteiger partial charge in [0.25, 0.3) is 0 Å². The van der Waals surface area contributed by atoms with Crippen LogP contribution in [0.3, 0.4) is 0 Å². The number of amides is 1. The van der Waals surface area contributed by atoms with Gasteiger partial charge in [0.2, 0.25) is 5.91 Å². The van der Waals surface area contributed by atoms with Crippen molar-refractivity contribution >= 4 is 29.2 Å². The van der Waals surface area contributed by atoms with Crippen LogP contribution >= 0.6 is 12.4 Å². The van der Waals surface area contributed by atoms with E-state index in [4.69, 9.17) is 5.73 Å². The van der Waals surface area contributed by atoms with E-state index in [9.17, 15) is 4.79 Å². The molecule has 0 spiro atoms. The van der Waals surface area contributed by atoms with Crippen molar-refractivity contribution in [1.82, 2.24) is 10.3 Å². The number of aromatic nitrogens is 1. The summed E-state index contributed by atoms with van der Waals surface area (Å²) in [5, 5.41) is 4.06. The Balaban J connectivity index is 0.00000162. The van der Waals surface area contributed by atoms with Crippen LogP contribution in [-0.4, -0.2) is 23.5 Å². The Hall–Kier alpha value is -1.52. The summed E-state index contributed by atoms with van der Waals surface area (Å²) >= 11 is 0. The third-order valence-corrected chi connectivity index (χ3v) is 2.79. The number of hydrogen-bond donors (Lipinski definition) is 3. The minimum atomic E-state index is -0.114. The molecule has 0 bridgehead atoms. The molecular weight excluding hydrogens is 250 g/mol. The van der Waals surface area contributed by atoms with Crippen molar-refractivity contribution < 1.29 is 4.79 Å². The molecule has 2 rings (SSSR count). The summed E-state index contributed by atoms with van der Waals surface area (Å²) in [6.45, 7) is 2.02. The van der Waals surface area contributed by atoms with Gasteiger partial charge >= 0.3 is 0 Å². The highest BCUT2D eigenvalue weighted by atomic mass is 35.5. The van der Waals surface area contributed by atoms with Crippen molar-refractivity contribution in [3.8, 4) is 0 Å². The van der Waals surface area contributed by atoms with Gasteiger partial charge in [-0.2, -0.15) is 0 Å². The molecule has 1 aromatic heterocycles. The summed E-state index contributed by atoms with van der Waals surface area (Å²) in [6, 6.07) is 8.23. The molecular formula is C13H18ClN3O. The number of fused-ring (bicyclic) bond motifs is 1. The first-order chi connectivity index (χ1) is 8.20. The highest BCUT2D eigenvalue weighted by Crippen LogP contribution is 2.18. The molecule has 4 N–H and O–H groups in total.